The highest BCUT2D eigenvalue weighted by atomic mass is 19.1. The summed E-state index contributed by atoms with van der Waals surface area (Å²) in [7, 11) is 0. The third-order valence-corrected chi connectivity index (χ3v) is 4.44. The van der Waals surface area contributed by atoms with E-state index in [4.69, 9.17) is 15.2 Å². The largest absolute Gasteiger partial charge is 0.380 e. The molecule has 3 rings (SSSR count). The predicted octanol–water partition coefficient (Wildman–Crippen LogP) is 1.86. The lowest BCUT2D eigenvalue weighted by molar-refractivity contribution is -0.126. The quantitative estimate of drug-likeness (QED) is 0.738. The Morgan fingerprint density at radius 1 is 1.29 bits per heavy atom. The van der Waals surface area contributed by atoms with E-state index in [0.717, 1.165) is 25.9 Å². The fourth-order valence-electron chi connectivity index (χ4n) is 3.06. The van der Waals surface area contributed by atoms with E-state index in [2.05, 4.69) is 10.6 Å². The lowest BCUT2D eigenvalue weighted by Gasteiger charge is -2.15. The van der Waals surface area contributed by atoms with Crippen LogP contribution in [0.1, 0.15) is 25.7 Å². The Bertz CT molecular complexity index is 578. The molecule has 1 amide bonds. The fourth-order valence-corrected chi connectivity index (χ4v) is 3.06. The van der Waals surface area contributed by atoms with Gasteiger partial charge in [0, 0.05) is 25.4 Å². The van der Waals surface area contributed by atoms with E-state index < -0.39 is 11.9 Å². The summed E-state index contributed by atoms with van der Waals surface area (Å²) in [4.78, 5) is 12.1. The van der Waals surface area contributed by atoms with Crippen molar-refractivity contribution in [1.29, 1.82) is 0 Å². The number of carbonyl (C=O) groups is 1. The molecule has 4 N–H and O–H groups in total. The Morgan fingerprint density at radius 2 is 2.17 bits per heavy atom. The molecule has 2 aliphatic rings. The van der Waals surface area contributed by atoms with Gasteiger partial charge in [-0.25, -0.2) is 4.39 Å². The number of halogens is 1. The average molecular weight is 337 g/mol. The molecule has 3 atom stereocenters. The molecule has 2 fully saturated rings. The number of benzene rings is 1. The first kappa shape index (κ1) is 17.1. The summed E-state index contributed by atoms with van der Waals surface area (Å²) in [5.41, 5.74) is 6.36. The maximum absolute atomic E-state index is 14.2. The van der Waals surface area contributed by atoms with E-state index in [1.165, 1.54) is 6.07 Å². The molecule has 2 aliphatic heterocycles. The molecule has 0 aromatic heterocycles. The lowest BCUT2D eigenvalue weighted by Crippen LogP contribution is -2.29. The van der Waals surface area contributed by atoms with Gasteiger partial charge in [0.2, 0.25) is 0 Å². The molecular formula is C17H24FN3O3. The number of rotatable bonds is 6. The number of ether oxygens (including phenoxy) is 2. The van der Waals surface area contributed by atoms with Crippen LogP contribution in [-0.2, 0) is 14.3 Å². The van der Waals surface area contributed by atoms with Crippen LogP contribution in [-0.4, -0.2) is 43.9 Å². The van der Waals surface area contributed by atoms with Gasteiger partial charge in [0.1, 0.15) is 11.9 Å². The SMILES string of the molecule is NC[C@H]1CC[C@@H](C(=O)Nc2ccc(NCC3CCCO3)c(F)c2)O1. The van der Waals surface area contributed by atoms with Crippen LogP contribution >= 0.6 is 0 Å². The molecule has 2 saturated heterocycles. The van der Waals surface area contributed by atoms with Gasteiger partial charge in [0.25, 0.3) is 5.91 Å². The zero-order valence-corrected chi connectivity index (χ0v) is 13.6. The second kappa shape index (κ2) is 7.92. The maximum Gasteiger partial charge on any atom is 0.253 e. The topological polar surface area (TPSA) is 85.6 Å². The highest BCUT2D eigenvalue weighted by Crippen LogP contribution is 2.23. The van der Waals surface area contributed by atoms with Gasteiger partial charge in [0.05, 0.1) is 17.9 Å². The first-order valence-electron chi connectivity index (χ1n) is 8.47. The van der Waals surface area contributed by atoms with E-state index in [1.807, 2.05) is 0 Å². The highest BCUT2D eigenvalue weighted by Gasteiger charge is 2.29. The molecule has 1 aromatic carbocycles. The number of amides is 1. The summed E-state index contributed by atoms with van der Waals surface area (Å²) in [6.07, 6.45) is 3.01. The van der Waals surface area contributed by atoms with Gasteiger partial charge in [-0.3, -0.25) is 4.79 Å². The van der Waals surface area contributed by atoms with E-state index in [1.54, 1.807) is 12.1 Å². The van der Waals surface area contributed by atoms with Crippen molar-refractivity contribution in [3.8, 4) is 0 Å². The molecule has 6 nitrogen and oxygen atoms in total. The van der Waals surface area contributed by atoms with Crippen molar-refractivity contribution >= 4 is 17.3 Å². The normalized spacial score (nSPS) is 26.5. The molecule has 0 radical (unpaired) electrons. The second-order valence-corrected chi connectivity index (χ2v) is 6.26. The summed E-state index contributed by atoms with van der Waals surface area (Å²) < 4.78 is 25.2. The lowest BCUT2D eigenvalue weighted by atomic mass is 10.2. The molecule has 0 bridgehead atoms. The Balaban J connectivity index is 1.53. The Kier molecular flexibility index (Phi) is 5.65. The van der Waals surface area contributed by atoms with Gasteiger partial charge in [0.15, 0.2) is 0 Å². The van der Waals surface area contributed by atoms with Gasteiger partial charge in [-0.2, -0.15) is 0 Å². The third kappa shape index (κ3) is 4.23. The predicted molar refractivity (Wildman–Crippen MR) is 89.4 cm³/mol. The van der Waals surface area contributed by atoms with Gasteiger partial charge >= 0.3 is 0 Å². The Morgan fingerprint density at radius 3 is 2.83 bits per heavy atom. The zero-order chi connectivity index (χ0) is 16.9. The zero-order valence-electron chi connectivity index (χ0n) is 13.6. The van der Waals surface area contributed by atoms with Crippen LogP contribution in [0.3, 0.4) is 0 Å². The van der Waals surface area contributed by atoms with E-state index >= 15 is 0 Å². The number of anilines is 2. The van der Waals surface area contributed by atoms with Crippen LogP contribution in [0.25, 0.3) is 0 Å². The van der Waals surface area contributed by atoms with Crippen molar-refractivity contribution in [2.75, 3.05) is 30.3 Å². The van der Waals surface area contributed by atoms with Crippen molar-refractivity contribution in [3.05, 3.63) is 24.0 Å². The fraction of sp³-hybridized carbons (Fsp3) is 0.588. The molecule has 132 valence electrons. The molecule has 0 saturated carbocycles. The monoisotopic (exact) mass is 337 g/mol. The maximum atomic E-state index is 14.2. The average Bonchev–Trinajstić information content (AvgIpc) is 3.25. The van der Waals surface area contributed by atoms with Crippen molar-refractivity contribution in [2.45, 2.75) is 44.0 Å². The van der Waals surface area contributed by atoms with Crippen LogP contribution in [0.15, 0.2) is 18.2 Å². The standard InChI is InChI=1S/C17H24FN3O3/c18-14-8-11(21-17(22)16-6-4-12(9-19)24-16)3-5-15(14)20-10-13-2-1-7-23-13/h3,5,8,12-13,16,20H,1-2,4,6-7,9-10,19H2,(H,21,22)/t12-,13?,16+/m1/s1. The van der Waals surface area contributed by atoms with Crippen LogP contribution in [0, 0.1) is 5.82 Å². The molecule has 24 heavy (non-hydrogen) atoms. The van der Waals surface area contributed by atoms with E-state index in [-0.39, 0.29) is 18.1 Å². The third-order valence-electron chi connectivity index (χ3n) is 4.44. The van der Waals surface area contributed by atoms with Gasteiger partial charge in [-0.1, -0.05) is 0 Å². The van der Waals surface area contributed by atoms with Crippen molar-refractivity contribution in [2.24, 2.45) is 5.73 Å². The van der Waals surface area contributed by atoms with Crippen molar-refractivity contribution < 1.29 is 18.7 Å². The second-order valence-electron chi connectivity index (χ2n) is 6.26. The van der Waals surface area contributed by atoms with Crippen molar-refractivity contribution in [3.63, 3.8) is 0 Å². The highest BCUT2D eigenvalue weighted by molar-refractivity contribution is 5.94. The minimum atomic E-state index is -0.515. The Labute approximate surface area is 140 Å². The summed E-state index contributed by atoms with van der Waals surface area (Å²) in [5.74, 6) is -0.664. The first-order valence-corrected chi connectivity index (χ1v) is 8.47. The van der Waals surface area contributed by atoms with Gasteiger partial charge < -0.3 is 25.8 Å². The van der Waals surface area contributed by atoms with Gasteiger partial charge in [-0.15, -0.1) is 0 Å². The summed E-state index contributed by atoms with van der Waals surface area (Å²) in [5, 5.41) is 5.75. The molecular weight excluding hydrogens is 313 g/mol. The summed E-state index contributed by atoms with van der Waals surface area (Å²) in [6, 6.07) is 4.61. The summed E-state index contributed by atoms with van der Waals surface area (Å²) >= 11 is 0. The van der Waals surface area contributed by atoms with Crippen LogP contribution in [0.4, 0.5) is 15.8 Å². The molecule has 2 heterocycles. The number of nitrogens with two attached hydrogens (primary N) is 1. The number of hydrogen-bond acceptors (Lipinski definition) is 5. The van der Waals surface area contributed by atoms with Crippen LogP contribution in [0.2, 0.25) is 0 Å². The molecule has 0 aliphatic carbocycles. The van der Waals surface area contributed by atoms with E-state index in [9.17, 15) is 9.18 Å². The number of hydrogen-bond donors (Lipinski definition) is 3. The van der Waals surface area contributed by atoms with Crippen LogP contribution in [0.5, 0.6) is 0 Å². The minimum absolute atomic E-state index is 0.0677. The summed E-state index contributed by atoms with van der Waals surface area (Å²) in [6.45, 7) is 1.76. The molecule has 1 aromatic rings. The number of nitrogens with one attached hydrogen (secondary N) is 2. The molecule has 7 heteroatoms. The smallest absolute Gasteiger partial charge is 0.253 e. The van der Waals surface area contributed by atoms with Crippen molar-refractivity contribution in [1.82, 2.24) is 0 Å². The minimum Gasteiger partial charge on any atom is -0.380 e. The van der Waals surface area contributed by atoms with Crippen LogP contribution < -0.4 is 16.4 Å². The first-order chi connectivity index (χ1) is 11.7. The van der Waals surface area contributed by atoms with Gasteiger partial charge in [-0.05, 0) is 43.9 Å². The number of carbonyl (C=O) groups excluding carboxylic acids is 1. The van der Waals surface area contributed by atoms with E-state index in [0.29, 0.717) is 30.9 Å². The Hall–Kier alpha value is -1.70. The molecule has 0 spiro atoms. The molecule has 1 unspecified atom stereocenters.